The fourth-order valence-corrected chi connectivity index (χ4v) is 9.07. The fraction of sp³-hybridized carbons (Fsp3) is 0.981. The summed E-state index contributed by atoms with van der Waals surface area (Å²) in [4.78, 5) is 0. The van der Waals surface area contributed by atoms with Crippen LogP contribution in [0.25, 0.3) is 5.41 Å². The summed E-state index contributed by atoms with van der Waals surface area (Å²) in [5, 5.41) is 8.47. The number of unbranched alkanes of at least 4 members (excludes halogenated alkanes) is 39. The van der Waals surface area contributed by atoms with Crippen molar-refractivity contribution in [3.63, 3.8) is 0 Å². The third kappa shape index (κ3) is 48.0. The predicted molar refractivity (Wildman–Crippen MR) is 257 cm³/mol. The van der Waals surface area contributed by atoms with Crippen molar-refractivity contribution in [1.82, 2.24) is 0 Å². The molecule has 0 aliphatic heterocycles. The van der Waals surface area contributed by atoms with Crippen molar-refractivity contribution in [2.24, 2.45) is 0 Å². The molecule has 0 amide bonds. The number of nitrogens with zero attached hydrogens (tertiary/aromatic N) is 2. The third-order valence-electron chi connectivity index (χ3n) is 12.7. The van der Waals surface area contributed by atoms with Crippen molar-refractivity contribution in [3.05, 3.63) is 5.41 Å². The van der Waals surface area contributed by atoms with Crippen LogP contribution in [-0.2, 0) is 0 Å². The van der Waals surface area contributed by atoms with Gasteiger partial charge < -0.3 is 9.89 Å². The Morgan fingerprint density at radius 1 is 0.255 bits per heavy atom. The molecule has 0 unspecified atom stereocenters. The molecule has 3 heteroatoms. The lowest BCUT2D eigenvalue weighted by molar-refractivity contribution is -0.929. The highest BCUT2D eigenvalue weighted by Gasteiger charge is 2.25. The van der Waals surface area contributed by atoms with Gasteiger partial charge in [-0.3, -0.25) is 0 Å². The Morgan fingerprint density at radius 2 is 0.400 bits per heavy atom. The molecule has 0 heterocycles. The predicted octanol–water partition coefficient (Wildman–Crippen LogP) is 19.3. The smallest absolute Gasteiger partial charge is 0.0786 e. The van der Waals surface area contributed by atoms with Crippen LogP contribution in [0.15, 0.2) is 0 Å². The molecule has 0 atom stereocenters. The molecule has 0 aliphatic carbocycles. The second-order valence-electron chi connectivity index (χ2n) is 18.1. The van der Waals surface area contributed by atoms with Gasteiger partial charge in [0.05, 0.1) is 26.2 Å². The Hall–Kier alpha value is -0.240. The molecule has 0 rings (SSSR count). The van der Waals surface area contributed by atoms with Crippen LogP contribution in [0, 0.1) is 0 Å². The van der Waals surface area contributed by atoms with Gasteiger partial charge in [0.2, 0.25) is 0 Å². The van der Waals surface area contributed by atoms with E-state index in [0.717, 1.165) is 0 Å². The monoisotopic (exact) mass is 791 g/mol. The highest BCUT2D eigenvalue weighted by molar-refractivity contribution is 7.78. The normalized spacial score (nSPS) is 11.5. The number of thiocarbonyl (C=S) groups is 1. The van der Waals surface area contributed by atoms with Crippen LogP contribution in [0.3, 0.4) is 0 Å². The zero-order chi connectivity index (χ0) is 40.4. The molecule has 0 radical (unpaired) electrons. The van der Waals surface area contributed by atoms with Gasteiger partial charge in [0.1, 0.15) is 0 Å². The molecule has 0 bridgehead atoms. The average molecular weight is 792 g/mol. The minimum atomic E-state index is 1.33. The van der Waals surface area contributed by atoms with Crippen LogP contribution in [0.2, 0.25) is 0 Å². The third-order valence-corrected chi connectivity index (χ3v) is 12.7. The molecule has 0 aromatic heterocycles. The van der Waals surface area contributed by atoms with E-state index in [9.17, 15) is 0 Å². The summed E-state index contributed by atoms with van der Waals surface area (Å²) in [6, 6.07) is 0. The maximum absolute atomic E-state index is 7.13. The van der Waals surface area contributed by atoms with Gasteiger partial charge in [-0.1, -0.05) is 271 Å². The van der Waals surface area contributed by atoms with E-state index in [0.29, 0.717) is 0 Å². The first kappa shape index (κ1) is 56.9. The van der Waals surface area contributed by atoms with Gasteiger partial charge in [-0.05, 0) is 44.9 Å². The summed E-state index contributed by atoms with van der Waals surface area (Å²) >= 11 is 3.70. The quantitative estimate of drug-likeness (QED) is 0.0260. The highest BCUT2D eigenvalue weighted by atomic mass is 32.1. The van der Waals surface area contributed by atoms with Crippen LogP contribution < -0.4 is 0 Å². The van der Waals surface area contributed by atoms with Crippen LogP contribution >= 0.6 is 12.2 Å². The van der Waals surface area contributed by atoms with Crippen molar-refractivity contribution < 1.29 is 4.48 Å². The van der Waals surface area contributed by atoms with E-state index < -0.39 is 0 Å². The SMILES string of the molecule is CCCCCCCCCCCCCCCC[N+](CCC)(CCCCCCCCCCCCCCCC)CCCCCCCCCCCCCCCC.[N-]=C=S. The molecule has 330 valence electrons. The molecule has 0 aromatic rings. The van der Waals surface area contributed by atoms with Crippen molar-refractivity contribution in [2.45, 2.75) is 304 Å². The van der Waals surface area contributed by atoms with E-state index in [4.69, 9.17) is 5.41 Å². The van der Waals surface area contributed by atoms with Gasteiger partial charge in [0.25, 0.3) is 0 Å². The van der Waals surface area contributed by atoms with Crippen LogP contribution in [0.1, 0.15) is 304 Å². The molecule has 0 aromatic carbocycles. The van der Waals surface area contributed by atoms with E-state index in [-0.39, 0.29) is 0 Å². The van der Waals surface area contributed by atoms with Gasteiger partial charge in [-0.25, -0.2) is 0 Å². The number of hydrogen-bond donors (Lipinski definition) is 0. The van der Waals surface area contributed by atoms with Crippen molar-refractivity contribution in [1.29, 1.82) is 0 Å². The van der Waals surface area contributed by atoms with Crippen LogP contribution in [0.4, 0.5) is 0 Å². The van der Waals surface area contributed by atoms with E-state index in [2.05, 4.69) is 39.9 Å². The Labute approximate surface area is 355 Å². The molecule has 0 spiro atoms. The molecule has 55 heavy (non-hydrogen) atoms. The molecular weight excluding hydrogens is 685 g/mol. The van der Waals surface area contributed by atoms with Crippen LogP contribution in [-0.4, -0.2) is 35.8 Å². The fourth-order valence-electron chi connectivity index (χ4n) is 9.07. The zero-order valence-electron chi connectivity index (χ0n) is 39.0. The topological polar surface area (TPSA) is 22.3 Å². The largest absolute Gasteiger partial charge is 0.753 e. The Balaban J connectivity index is 0. The number of quaternary nitrogens is 1. The standard InChI is InChI=1S/C51H106N.CNS/c1-5-9-12-15-18-21-24-27-30-33-36-39-42-45-49-52(48-8-4,50-46-43-40-37-34-31-28-25-22-19-16-13-10-6-2)51-47-44-41-38-35-32-29-26-23-20-17-14-11-7-3;2-1-3/h5-51H2,1-4H3;/q+1;-1. The summed E-state index contributed by atoms with van der Waals surface area (Å²) in [7, 11) is 0. The Kier molecular flexibility index (Phi) is 53.5. The van der Waals surface area contributed by atoms with Gasteiger partial charge in [0.15, 0.2) is 0 Å². The first-order valence-corrected chi connectivity index (χ1v) is 26.4. The lowest BCUT2D eigenvalue weighted by atomic mass is 10.0. The summed E-state index contributed by atoms with van der Waals surface area (Å²) in [5.41, 5.74) is 0. The van der Waals surface area contributed by atoms with Gasteiger partial charge in [-0.15, -0.1) is 0 Å². The first-order chi connectivity index (χ1) is 27.2. The second kappa shape index (κ2) is 51.8. The molecule has 0 aliphatic rings. The van der Waals surface area contributed by atoms with Crippen molar-refractivity contribution >= 4 is 17.4 Å². The van der Waals surface area contributed by atoms with Crippen LogP contribution in [0.5, 0.6) is 0 Å². The molecule has 0 fully saturated rings. The van der Waals surface area contributed by atoms with E-state index in [1.54, 1.807) is 0 Å². The molecule has 2 nitrogen and oxygen atoms in total. The second-order valence-corrected chi connectivity index (χ2v) is 18.3. The summed E-state index contributed by atoms with van der Waals surface area (Å²) < 4.78 is 1.46. The number of rotatable bonds is 47. The molecule has 0 saturated heterocycles. The zero-order valence-corrected chi connectivity index (χ0v) is 39.9. The number of hydrogen-bond acceptors (Lipinski definition) is 1. The summed E-state index contributed by atoms with van der Waals surface area (Å²) in [6.45, 7) is 15.3. The summed E-state index contributed by atoms with van der Waals surface area (Å²) in [6.07, 6.45) is 63.2. The molecule has 0 N–H and O–H groups in total. The number of isothiocyanates is 1. The minimum Gasteiger partial charge on any atom is -0.753 e. The van der Waals surface area contributed by atoms with Gasteiger partial charge >= 0.3 is 0 Å². The molecular formula is C52H106N2S. The maximum atomic E-state index is 7.13. The maximum Gasteiger partial charge on any atom is 0.0786 e. The van der Waals surface area contributed by atoms with E-state index >= 15 is 0 Å². The van der Waals surface area contributed by atoms with Gasteiger partial charge in [-0.2, -0.15) is 5.16 Å². The summed E-state index contributed by atoms with van der Waals surface area (Å²) in [5.74, 6) is 0. The van der Waals surface area contributed by atoms with E-state index in [1.165, 1.54) is 312 Å². The highest BCUT2D eigenvalue weighted by Crippen LogP contribution is 2.21. The first-order valence-electron chi connectivity index (χ1n) is 26.0. The van der Waals surface area contributed by atoms with Crippen molar-refractivity contribution in [3.8, 4) is 0 Å². The lowest BCUT2D eigenvalue weighted by Crippen LogP contribution is -2.50. The Morgan fingerprint density at radius 3 is 0.545 bits per heavy atom. The Bertz CT molecular complexity index is 623. The van der Waals surface area contributed by atoms with E-state index in [1.807, 2.05) is 0 Å². The average Bonchev–Trinajstić information content (AvgIpc) is 3.18. The van der Waals surface area contributed by atoms with Crippen molar-refractivity contribution in [2.75, 3.05) is 26.2 Å². The lowest BCUT2D eigenvalue weighted by Gasteiger charge is -2.39. The molecule has 0 saturated carbocycles. The van der Waals surface area contributed by atoms with Gasteiger partial charge in [0, 0.05) is 0 Å². The minimum absolute atomic E-state index is 1.33.